The molecule has 0 saturated carbocycles. The van der Waals surface area contributed by atoms with Gasteiger partial charge in [0.1, 0.15) is 0 Å². The molecule has 17 heavy (non-hydrogen) atoms. The fourth-order valence-electron chi connectivity index (χ4n) is 2.71. The molecule has 0 radical (unpaired) electrons. The standard InChI is InChI=1S/C12H15BrN2O2/c13-11-4-3-10(17-11)12(16)15-6-5-8-1-2-9(7-15)14-8/h3-4,8-9,14H,1-2,5-7H2. The first-order valence-corrected chi connectivity index (χ1v) is 6.82. The summed E-state index contributed by atoms with van der Waals surface area (Å²) < 4.78 is 5.93. The zero-order valence-corrected chi connectivity index (χ0v) is 11.1. The largest absolute Gasteiger partial charge is 0.444 e. The number of likely N-dealkylation sites (tertiary alicyclic amines) is 1. The van der Waals surface area contributed by atoms with Crippen LogP contribution in [0.25, 0.3) is 0 Å². The molecule has 0 aromatic carbocycles. The lowest BCUT2D eigenvalue weighted by Crippen LogP contribution is -2.38. The minimum absolute atomic E-state index is 0.00468. The van der Waals surface area contributed by atoms with Crippen LogP contribution >= 0.6 is 15.9 Å². The second kappa shape index (κ2) is 4.46. The van der Waals surface area contributed by atoms with Crippen molar-refractivity contribution in [1.82, 2.24) is 10.2 Å². The van der Waals surface area contributed by atoms with Gasteiger partial charge in [0.15, 0.2) is 10.4 Å². The highest BCUT2D eigenvalue weighted by atomic mass is 79.9. The first-order valence-electron chi connectivity index (χ1n) is 6.03. The fourth-order valence-corrected chi connectivity index (χ4v) is 3.02. The van der Waals surface area contributed by atoms with Gasteiger partial charge in [-0.2, -0.15) is 0 Å². The number of carbonyl (C=O) groups excluding carboxylic acids is 1. The molecule has 2 aliphatic heterocycles. The van der Waals surface area contributed by atoms with E-state index in [1.807, 2.05) is 4.90 Å². The predicted octanol–water partition coefficient (Wildman–Crippen LogP) is 2.01. The van der Waals surface area contributed by atoms with Gasteiger partial charge in [-0.15, -0.1) is 0 Å². The third-order valence-electron chi connectivity index (χ3n) is 3.59. The second-order valence-electron chi connectivity index (χ2n) is 4.78. The van der Waals surface area contributed by atoms with Crippen LogP contribution in [0, 0.1) is 0 Å². The minimum atomic E-state index is 0.00468. The van der Waals surface area contributed by atoms with Crippen LogP contribution in [0.1, 0.15) is 29.8 Å². The van der Waals surface area contributed by atoms with E-state index in [0.717, 1.165) is 19.5 Å². The van der Waals surface area contributed by atoms with Crippen LogP contribution in [0.15, 0.2) is 21.2 Å². The molecule has 92 valence electrons. The zero-order chi connectivity index (χ0) is 11.8. The molecule has 2 aliphatic rings. The van der Waals surface area contributed by atoms with Crippen LogP contribution in [0.4, 0.5) is 0 Å². The van der Waals surface area contributed by atoms with Crippen molar-refractivity contribution in [3.63, 3.8) is 0 Å². The molecule has 1 aromatic rings. The van der Waals surface area contributed by atoms with Crippen LogP contribution in [-0.4, -0.2) is 36.0 Å². The molecule has 1 aromatic heterocycles. The number of hydrogen-bond acceptors (Lipinski definition) is 3. The Labute approximate surface area is 108 Å². The summed E-state index contributed by atoms with van der Waals surface area (Å²) in [5.41, 5.74) is 0. The number of halogens is 1. The summed E-state index contributed by atoms with van der Waals surface area (Å²) in [6.07, 6.45) is 3.47. The molecule has 2 fully saturated rings. The van der Waals surface area contributed by atoms with Crippen molar-refractivity contribution in [2.45, 2.75) is 31.3 Å². The Balaban J connectivity index is 1.73. The molecular formula is C12H15BrN2O2. The van der Waals surface area contributed by atoms with Gasteiger partial charge >= 0.3 is 0 Å². The van der Waals surface area contributed by atoms with Crippen LogP contribution in [0.5, 0.6) is 0 Å². The van der Waals surface area contributed by atoms with Crippen LogP contribution in [0.2, 0.25) is 0 Å². The summed E-state index contributed by atoms with van der Waals surface area (Å²) in [5, 5.41) is 3.56. The van der Waals surface area contributed by atoms with Gasteiger partial charge in [0.2, 0.25) is 0 Å². The first-order chi connectivity index (χ1) is 8.22. The molecule has 5 heteroatoms. The Morgan fingerprint density at radius 2 is 2.18 bits per heavy atom. The van der Waals surface area contributed by atoms with Gasteiger partial charge in [-0.1, -0.05) is 0 Å². The van der Waals surface area contributed by atoms with Gasteiger partial charge in [-0.25, -0.2) is 0 Å². The van der Waals surface area contributed by atoms with Gasteiger partial charge in [0.05, 0.1) is 0 Å². The molecule has 2 saturated heterocycles. The maximum absolute atomic E-state index is 12.2. The molecule has 3 heterocycles. The van der Waals surface area contributed by atoms with Gasteiger partial charge < -0.3 is 14.6 Å². The number of fused-ring (bicyclic) bond motifs is 2. The number of carbonyl (C=O) groups is 1. The Hall–Kier alpha value is -0.810. The van der Waals surface area contributed by atoms with E-state index in [4.69, 9.17) is 4.42 Å². The summed E-state index contributed by atoms with van der Waals surface area (Å²) in [6.45, 7) is 1.62. The van der Waals surface area contributed by atoms with E-state index < -0.39 is 0 Å². The highest BCUT2D eigenvalue weighted by Crippen LogP contribution is 2.22. The van der Waals surface area contributed by atoms with E-state index in [0.29, 0.717) is 22.5 Å². The van der Waals surface area contributed by atoms with Crippen molar-refractivity contribution in [2.75, 3.05) is 13.1 Å². The topological polar surface area (TPSA) is 45.5 Å². The lowest BCUT2D eigenvalue weighted by atomic mass is 10.1. The number of amides is 1. The van der Waals surface area contributed by atoms with Crippen molar-refractivity contribution in [1.29, 1.82) is 0 Å². The van der Waals surface area contributed by atoms with E-state index in [2.05, 4.69) is 21.2 Å². The van der Waals surface area contributed by atoms with E-state index in [-0.39, 0.29) is 5.91 Å². The lowest BCUT2D eigenvalue weighted by molar-refractivity contribution is 0.0714. The molecule has 4 nitrogen and oxygen atoms in total. The quantitative estimate of drug-likeness (QED) is 0.863. The van der Waals surface area contributed by atoms with Gasteiger partial charge in [-0.05, 0) is 47.3 Å². The summed E-state index contributed by atoms with van der Waals surface area (Å²) in [4.78, 5) is 14.1. The smallest absolute Gasteiger partial charge is 0.289 e. The molecule has 2 atom stereocenters. The van der Waals surface area contributed by atoms with Crippen LogP contribution < -0.4 is 5.32 Å². The molecule has 2 unspecified atom stereocenters. The third-order valence-corrected chi connectivity index (χ3v) is 4.02. The lowest BCUT2D eigenvalue weighted by Gasteiger charge is -2.23. The van der Waals surface area contributed by atoms with E-state index >= 15 is 0 Å². The fraction of sp³-hybridized carbons (Fsp3) is 0.583. The molecule has 3 rings (SSSR count). The molecule has 1 N–H and O–H groups in total. The monoisotopic (exact) mass is 298 g/mol. The molecule has 1 amide bonds. The van der Waals surface area contributed by atoms with Crippen molar-refractivity contribution < 1.29 is 9.21 Å². The Bertz CT molecular complexity index is 432. The van der Waals surface area contributed by atoms with Gasteiger partial charge in [0.25, 0.3) is 5.91 Å². The van der Waals surface area contributed by atoms with Crippen molar-refractivity contribution in [2.24, 2.45) is 0 Å². The Kier molecular flexibility index (Phi) is 2.96. The van der Waals surface area contributed by atoms with Gasteiger partial charge in [-0.3, -0.25) is 4.79 Å². The first kappa shape index (κ1) is 11.3. The number of rotatable bonds is 1. The maximum Gasteiger partial charge on any atom is 0.289 e. The number of nitrogens with zero attached hydrogens (tertiary/aromatic N) is 1. The SMILES string of the molecule is O=C(c1ccc(Br)o1)N1CCC2CCC(C1)N2. The maximum atomic E-state index is 12.2. The number of nitrogens with one attached hydrogen (secondary N) is 1. The highest BCUT2D eigenvalue weighted by Gasteiger charge is 2.32. The molecule has 0 spiro atoms. The molecular weight excluding hydrogens is 284 g/mol. The number of hydrogen-bond donors (Lipinski definition) is 1. The van der Waals surface area contributed by atoms with E-state index in [1.54, 1.807) is 12.1 Å². The highest BCUT2D eigenvalue weighted by molar-refractivity contribution is 9.10. The molecule has 2 bridgehead atoms. The number of furan rings is 1. The average molecular weight is 299 g/mol. The Morgan fingerprint density at radius 3 is 2.94 bits per heavy atom. The van der Waals surface area contributed by atoms with E-state index in [9.17, 15) is 4.79 Å². The van der Waals surface area contributed by atoms with E-state index in [1.165, 1.54) is 12.8 Å². The summed E-state index contributed by atoms with van der Waals surface area (Å²) in [7, 11) is 0. The van der Waals surface area contributed by atoms with Crippen LogP contribution in [0.3, 0.4) is 0 Å². The second-order valence-corrected chi connectivity index (χ2v) is 5.56. The summed E-state index contributed by atoms with van der Waals surface area (Å²) in [5.74, 6) is 0.430. The minimum Gasteiger partial charge on any atom is -0.444 e. The molecule has 0 aliphatic carbocycles. The van der Waals surface area contributed by atoms with Crippen molar-refractivity contribution >= 4 is 21.8 Å². The Morgan fingerprint density at radius 1 is 1.35 bits per heavy atom. The third kappa shape index (κ3) is 2.26. The predicted molar refractivity (Wildman–Crippen MR) is 66.9 cm³/mol. The van der Waals surface area contributed by atoms with Crippen molar-refractivity contribution in [3.8, 4) is 0 Å². The normalized spacial score (nSPS) is 28.2. The van der Waals surface area contributed by atoms with Crippen molar-refractivity contribution in [3.05, 3.63) is 22.6 Å². The van der Waals surface area contributed by atoms with Gasteiger partial charge in [0, 0.05) is 25.2 Å². The summed E-state index contributed by atoms with van der Waals surface area (Å²) in [6, 6.07) is 4.55. The average Bonchev–Trinajstić information content (AvgIpc) is 2.84. The van der Waals surface area contributed by atoms with Crippen LogP contribution in [-0.2, 0) is 0 Å². The summed E-state index contributed by atoms with van der Waals surface area (Å²) >= 11 is 3.22. The zero-order valence-electron chi connectivity index (χ0n) is 9.49.